The van der Waals surface area contributed by atoms with Crippen LogP contribution in [0.5, 0.6) is 5.75 Å². The first-order valence-corrected chi connectivity index (χ1v) is 10.6. The third-order valence-corrected chi connectivity index (χ3v) is 5.70. The summed E-state index contributed by atoms with van der Waals surface area (Å²) in [6.07, 6.45) is 0.899. The van der Waals surface area contributed by atoms with E-state index >= 15 is 0 Å². The van der Waals surface area contributed by atoms with E-state index in [2.05, 4.69) is 19.6 Å². The molecule has 0 fully saturated rings. The topological polar surface area (TPSA) is 164 Å². The van der Waals surface area contributed by atoms with Crippen LogP contribution in [0.1, 0.15) is 0 Å². The van der Waals surface area contributed by atoms with Gasteiger partial charge in [0.05, 0.1) is 22.7 Å². The number of phenolic OH excluding ortho intramolecular Hbond substituents is 1. The molecule has 0 aromatic heterocycles. The van der Waals surface area contributed by atoms with Gasteiger partial charge in [-0.15, -0.1) is 10.2 Å². The van der Waals surface area contributed by atoms with Crippen molar-refractivity contribution in [3.63, 3.8) is 0 Å². The Labute approximate surface area is 202 Å². The number of nitrogens with zero attached hydrogens (tertiary/aromatic N) is 3. The first kappa shape index (κ1) is 25.2. The van der Waals surface area contributed by atoms with Crippen molar-refractivity contribution in [3.8, 4) is 5.75 Å². The molecule has 0 aliphatic carbocycles. The van der Waals surface area contributed by atoms with Crippen molar-refractivity contribution >= 4 is 49.7 Å². The smallest absolute Gasteiger partial charge is 0.691 e. The summed E-state index contributed by atoms with van der Waals surface area (Å²) in [5.41, 5.74) is -0.287. The maximum atomic E-state index is 12.0. The molecule has 0 unspecified atom stereocenters. The van der Waals surface area contributed by atoms with E-state index < -0.39 is 20.4 Å². The number of non-ortho nitro benzene ring substituents is 1. The summed E-state index contributed by atoms with van der Waals surface area (Å²) in [6, 6.07) is 10.8. The Hall–Kier alpha value is -2.10. The number of rotatable bonds is 7. The number of aromatic hydroxyl groups is 1. The van der Waals surface area contributed by atoms with Crippen LogP contribution in [-0.4, -0.2) is 24.7 Å². The van der Waals surface area contributed by atoms with Gasteiger partial charge >= 0.3 is 29.6 Å². The van der Waals surface area contributed by atoms with Crippen LogP contribution < -0.4 is 34.8 Å². The van der Waals surface area contributed by atoms with Gasteiger partial charge in [0.15, 0.2) is 9.84 Å². The molecule has 14 heteroatoms. The van der Waals surface area contributed by atoms with Crippen molar-refractivity contribution in [1.82, 2.24) is 0 Å². The maximum absolute atomic E-state index is 12.0. The number of hydrogen-bond acceptors (Lipinski definition) is 11. The van der Waals surface area contributed by atoms with Crippen molar-refractivity contribution in [2.24, 2.45) is 10.2 Å². The predicted molar refractivity (Wildman–Crippen MR) is 104 cm³/mol. The fourth-order valence-electron chi connectivity index (χ4n) is 2.65. The van der Waals surface area contributed by atoms with Crippen molar-refractivity contribution < 1.29 is 62.6 Å². The van der Waals surface area contributed by atoms with Crippen LogP contribution in [0.25, 0.3) is 10.8 Å². The molecule has 0 bridgehead atoms. The van der Waals surface area contributed by atoms with Gasteiger partial charge < -0.3 is 10.4 Å². The summed E-state index contributed by atoms with van der Waals surface area (Å²) in [5.74, 6) is -0.0680. The van der Waals surface area contributed by atoms with Gasteiger partial charge in [-0.3, -0.25) is 15.2 Å². The Kier molecular flexibility index (Phi) is 8.50. The monoisotopic (exact) mass is 473 g/mol. The molecule has 3 aromatic rings. The third kappa shape index (κ3) is 5.78. The average molecular weight is 473 g/mol. The summed E-state index contributed by atoms with van der Waals surface area (Å²) in [5, 5.41) is 43.3. The van der Waals surface area contributed by atoms with Gasteiger partial charge in [-0.25, -0.2) is 8.42 Å². The van der Waals surface area contributed by atoms with Gasteiger partial charge in [-0.2, -0.15) is 4.33 Å². The van der Waals surface area contributed by atoms with Crippen LogP contribution in [-0.2, 0) is 19.2 Å². The predicted octanol–water partition coefficient (Wildman–Crippen LogP) is 0.507. The molecular formula is C17H12N3NaO8S2. The third-order valence-electron chi connectivity index (χ3n) is 3.93. The SMILES string of the molecule is CS(=O)(=O)c1cc([N+](=O)[O-])ccc1N=Nc1ccc(O)c2cccc(SOO[O-])c12.[Na+]. The van der Waals surface area contributed by atoms with Crippen molar-refractivity contribution in [2.45, 2.75) is 9.79 Å². The second kappa shape index (κ2) is 10.5. The van der Waals surface area contributed by atoms with E-state index in [4.69, 9.17) is 0 Å². The summed E-state index contributed by atoms with van der Waals surface area (Å²) < 4.78 is 28.4. The zero-order valence-electron chi connectivity index (χ0n) is 16.1. The largest absolute Gasteiger partial charge is 1.00 e. The molecule has 0 saturated heterocycles. The van der Waals surface area contributed by atoms with Crippen LogP contribution in [0, 0.1) is 10.1 Å². The Balaban J connectivity index is 0.00000341. The van der Waals surface area contributed by atoms with E-state index in [0.717, 1.165) is 18.4 Å². The van der Waals surface area contributed by atoms with Crippen molar-refractivity contribution in [2.75, 3.05) is 6.26 Å². The molecule has 0 atom stereocenters. The molecule has 0 radical (unpaired) electrons. The molecule has 1 N–H and O–H groups in total. The Morgan fingerprint density at radius 3 is 2.42 bits per heavy atom. The minimum absolute atomic E-state index is 0. The molecule has 0 saturated carbocycles. The molecule has 0 aliphatic rings. The van der Waals surface area contributed by atoms with Crippen molar-refractivity contribution in [1.29, 1.82) is 0 Å². The first-order chi connectivity index (χ1) is 14.2. The Morgan fingerprint density at radius 2 is 1.77 bits per heavy atom. The van der Waals surface area contributed by atoms with E-state index in [9.17, 15) is 28.9 Å². The zero-order valence-corrected chi connectivity index (χ0v) is 19.7. The van der Waals surface area contributed by atoms with Crippen LogP contribution in [0.4, 0.5) is 17.1 Å². The molecule has 156 valence electrons. The minimum atomic E-state index is -3.84. The minimum Gasteiger partial charge on any atom is -0.691 e. The number of benzene rings is 3. The molecule has 3 aromatic carbocycles. The molecule has 0 heterocycles. The van der Waals surface area contributed by atoms with Crippen LogP contribution in [0.2, 0.25) is 0 Å². The van der Waals surface area contributed by atoms with Crippen LogP contribution in [0.15, 0.2) is 68.6 Å². The normalized spacial score (nSPS) is 11.5. The number of nitro groups is 1. The van der Waals surface area contributed by atoms with E-state index in [0.29, 0.717) is 27.7 Å². The molecule has 31 heavy (non-hydrogen) atoms. The fourth-order valence-corrected chi connectivity index (χ4v) is 4.00. The van der Waals surface area contributed by atoms with E-state index in [1.54, 1.807) is 18.2 Å². The maximum Gasteiger partial charge on any atom is 1.00 e. The molecule has 0 spiro atoms. The summed E-state index contributed by atoms with van der Waals surface area (Å²) in [4.78, 5) is 10.3. The molecule has 0 aliphatic heterocycles. The van der Waals surface area contributed by atoms with Crippen LogP contribution in [0.3, 0.4) is 0 Å². The summed E-state index contributed by atoms with van der Waals surface area (Å²) in [6.45, 7) is 0. The molecule has 0 amide bonds. The Bertz CT molecular complexity index is 1270. The van der Waals surface area contributed by atoms with Crippen LogP contribution >= 0.6 is 12.0 Å². The number of azo groups is 1. The van der Waals surface area contributed by atoms with Gasteiger partial charge in [0.1, 0.15) is 16.3 Å². The second-order valence-electron chi connectivity index (χ2n) is 5.88. The molecule has 11 nitrogen and oxygen atoms in total. The number of hydrogen-bond donors (Lipinski definition) is 1. The summed E-state index contributed by atoms with van der Waals surface area (Å²) >= 11 is 0.589. The number of phenols is 1. The van der Waals surface area contributed by atoms with Gasteiger partial charge in [0.25, 0.3) is 5.69 Å². The molecule has 3 rings (SSSR count). The van der Waals surface area contributed by atoms with E-state index in [1.807, 2.05) is 0 Å². The number of nitro benzene ring substituents is 1. The fraction of sp³-hybridized carbons (Fsp3) is 0.0588. The van der Waals surface area contributed by atoms with E-state index in [-0.39, 0.29) is 51.6 Å². The van der Waals surface area contributed by atoms with Gasteiger partial charge in [-0.1, -0.05) is 12.1 Å². The van der Waals surface area contributed by atoms with Gasteiger partial charge in [0, 0.05) is 34.1 Å². The Morgan fingerprint density at radius 1 is 1.10 bits per heavy atom. The van der Waals surface area contributed by atoms with Crippen molar-refractivity contribution in [3.05, 3.63) is 58.6 Å². The van der Waals surface area contributed by atoms with Gasteiger partial charge in [0.2, 0.25) is 0 Å². The second-order valence-corrected chi connectivity index (χ2v) is 8.61. The summed E-state index contributed by atoms with van der Waals surface area (Å²) in [7, 11) is -3.84. The number of sulfone groups is 1. The average Bonchev–Trinajstić information content (AvgIpc) is 2.71. The zero-order chi connectivity index (χ0) is 21.9. The quantitative estimate of drug-likeness (QED) is 0.129. The number of fused-ring (bicyclic) bond motifs is 1. The standard InChI is InChI=1S/C17H13N3O8S2.Na/c1-30(25,26)16-9-10(20(22)23)5-6-12(16)18-19-13-7-8-14(21)11-3-2-4-15(17(11)13)29-28-27-24;/h2-9,21,24H,1H3;/q;+1/p-1. The molecular weight excluding hydrogens is 461 g/mol. The van der Waals surface area contributed by atoms with E-state index in [1.165, 1.54) is 18.2 Å². The van der Waals surface area contributed by atoms with Gasteiger partial charge in [-0.05, 0) is 24.3 Å². The first-order valence-electron chi connectivity index (χ1n) is 8.00.